The lowest BCUT2D eigenvalue weighted by Crippen LogP contribution is -2.54. The maximum absolute atomic E-state index is 14.4. The molecule has 0 saturated carbocycles. The number of hydrogen-bond acceptors (Lipinski definition) is 4. The molecule has 4 rings (SSSR count). The number of carbonyl (C=O) groups excluding carboxylic acids is 2. The molecule has 2 heterocycles. The molecule has 0 aliphatic carbocycles. The summed E-state index contributed by atoms with van der Waals surface area (Å²) in [4.78, 5) is 29.1. The van der Waals surface area contributed by atoms with Crippen molar-refractivity contribution >= 4 is 52.2 Å². The summed E-state index contributed by atoms with van der Waals surface area (Å²) in [5.41, 5.74) is 4.67. The first-order valence-corrected chi connectivity index (χ1v) is 10.7. The average Bonchev–Trinajstić information content (AvgIpc) is 2.71. The number of hydrogen-bond donors (Lipinski definition) is 1. The van der Waals surface area contributed by atoms with Crippen molar-refractivity contribution in [3.63, 3.8) is 0 Å². The third-order valence-corrected chi connectivity index (χ3v) is 6.38. The van der Waals surface area contributed by atoms with Crippen molar-refractivity contribution in [2.45, 2.75) is 33.2 Å². The van der Waals surface area contributed by atoms with E-state index in [1.165, 1.54) is 18.2 Å². The van der Waals surface area contributed by atoms with Gasteiger partial charge in [0.25, 0.3) is 11.8 Å². The molecule has 2 amide bonds. The molecule has 2 aliphatic rings. The number of nitrogens with zero attached hydrogens (tertiary/aromatic N) is 2. The van der Waals surface area contributed by atoms with Crippen LogP contribution in [0.4, 0.5) is 15.8 Å². The average molecular weight is 450 g/mol. The van der Waals surface area contributed by atoms with Crippen LogP contribution in [-0.4, -0.2) is 29.5 Å². The first-order chi connectivity index (χ1) is 15.0. The van der Waals surface area contributed by atoms with Crippen molar-refractivity contribution in [3.8, 4) is 0 Å². The lowest BCUT2D eigenvalue weighted by atomic mass is 9.87. The Labute approximate surface area is 192 Å². The molecule has 5 nitrogen and oxygen atoms in total. The summed E-state index contributed by atoms with van der Waals surface area (Å²) in [6.45, 7) is 8.29. The Balaban J connectivity index is 1.81. The van der Waals surface area contributed by atoms with E-state index in [1.54, 1.807) is 12.1 Å². The number of nitrogens with one attached hydrogen (secondary N) is 1. The molecule has 0 spiro atoms. The van der Waals surface area contributed by atoms with Gasteiger partial charge in [0.2, 0.25) is 0 Å². The Hall–Kier alpha value is -3.32. The van der Waals surface area contributed by atoms with E-state index in [4.69, 9.17) is 12.2 Å². The first kappa shape index (κ1) is 21.9. The minimum absolute atomic E-state index is 0.00167. The van der Waals surface area contributed by atoms with E-state index in [2.05, 4.69) is 43.1 Å². The molecule has 1 fully saturated rings. The number of likely N-dealkylation sites (N-methyl/N-ethyl adjacent to an activating group) is 1. The molecule has 1 N–H and O–H groups in total. The smallest absolute Gasteiger partial charge is 0.270 e. The number of para-hydroxylation sites is 1. The van der Waals surface area contributed by atoms with Crippen LogP contribution in [0.15, 0.2) is 48.0 Å². The van der Waals surface area contributed by atoms with Gasteiger partial charge in [-0.2, -0.15) is 0 Å². The van der Waals surface area contributed by atoms with E-state index in [0.717, 1.165) is 32.9 Å². The summed E-state index contributed by atoms with van der Waals surface area (Å²) in [7, 11) is 2.05. The second kappa shape index (κ2) is 7.67. The van der Waals surface area contributed by atoms with E-state index >= 15 is 0 Å². The third kappa shape index (κ3) is 3.52. The highest BCUT2D eigenvalue weighted by atomic mass is 32.1. The minimum Gasteiger partial charge on any atom is -0.365 e. The molecule has 0 atom stereocenters. The predicted octanol–water partition coefficient (Wildman–Crippen LogP) is 4.60. The molecule has 32 heavy (non-hydrogen) atoms. The van der Waals surface area contributed by atoms with Gasteiger partial charge in [-0.15, -0.1) is 0 Å². The number of fused-ring (bicyclic) bond motifs is 1. The maximum Gasteiger partial charge on any atom is 0.270 e. The van der Waals surface area contributed by atoms with Crippen molar-refractivity contribution in [3.05, 3.63) is 70.6 Å². The second-order valence-electron chi connectivity index (χ2n) is 8.68. The Bertz CT molecular complexity index is 1250. The molecule has 1 saturated heterocycles. The van der Waals surface area contributed by atoms with E-state index in [9.17, 15) is 14.0 Å². The fourth-order valence-corrected chi connectivity index (χ4v) is 4.41. The zero-order valence-electron chi connectivity index (χ0n) is 18.6. The topological polar surface area (TPSA) is 52.7 Å². The third-order valence-electron chi connectivity index (χ3n) is 6.10. The monoisotopic (exact) mass is 449 g/mol. The van der Waals surface area contributed by atoms with Crippen LogP contribution in [0.2, 0.25) is 0 Å². The van der Waals surface area contributed by atoms with Crippen LogP contribution in [-0.2, 0) is 9.59 Å². The normalized spacial score (nSPS) is 19.1. The summed E-state index contributed by atoms with van der Waals surface area (Å²) in [5.74, 6) is -1.86. The zero-order valence-corrected chi connectivity index (χ0v) is 19.4. The zero-order chi connectivity index (χ0) is 23.4. The van der Waals surface area contributed by atoms with Crippen molar-refractivity contribution in [1.82, 2.24) is 5.32 Å². The molecule has 2 aliphatic heterocycles. The summed E-state index contributed by atoms with van der Waals surface area (Å²) in [5, 5.41) is 2.36. The van der Waals surface area contributed by atoms with Gasteiger partial charge in [-0.05, 0) is 87.0 Å². The Morgan fingerprint density at radius 3 is 2.47 bits per heavy atom. The van der Waals surface area contributed by atoms with Gasteiger partial charge in [0.05, 0.1) is 11.2 Å². The molecule has 0 unspecified atom stereocenters. The number of carbonyl (C=O) groups is 2. The van der Waals surface area contributed by atoms with Gasteiger partial charge in [-0.25, -0.2) is 9.29 Å². The highest BCUT2D eigenvalue weighted by Gasteiger charge is 2.36. The van der Waals surface area contributed by atoms with Crippen LogP contribution in [0, 0.1) is 12.7 Å². The van der Waals surface area contributed by atoms with Crippen LogP contribution in [0.3, 0.4) is 0 Å². The molecule has 0 aromatic heterocycles. The van der Waals surface area contributed by atoms with Gasteiger partial charge in [0.15, 0.2) is 5.11 Å². The van der Waals surface area contributed by atoms with Crippen molar-refractivity contribution in [2.24, 2.45) is 0 Å². The molecule has 2 aromatic carbocycles. The molecular formula is C25H24FN3O2S. The number of benzene rings is 2. The maximum atomic E-state index is 14.4. The fourth-order valence-electron chi connectivity index (χ4n) is 4.14. The summed E-state index contributed by atoms with van der Waals surface area (Å²) in [6, 6.07) is 9.86. The summed E-state index contributed by atoms with van der Waals surface area (Å²) >= 11 is 5.16. The number of halogens is 1. The molecule has 7 heteroatoms. The number of anilines is 2. The van der Waals surface area contributed by atoms with Gasteiger partial charge in [-0.1, -0.05) is 18.2 Å². The van der Waals surface area contributed by atoms with Crippen LogP contribution >= 0.6 is 12.2 Å². The van der Waals surface area contributed by atoms with E-state index in [0.29, 0.717) is 0 Å². The lowest BCUT2D eigenvalue weighted by molar-refractivity contribution is -0.122. The molecule has 2 aromatic rings. The van der Waals surface area contributed by atoms with E-state index in [-0.39, 0.29) is 21.9 Å². The van der Waals surface area contributed by atoms with Crippen LogP contribution in [0.25, 0.3) is 11.6 Å². The SMILES string of the molecule is CC1=CC(C)(C)N(C)c2cc(C)c(/C=C3\C(=O)NC(=S)N(c4ccccc4F)C3=O)cc21. The van der Waals surface area contributed by atoms with Gasteiger partial charge in [0.1, 0.15) is 11.4 Å². The fraction of sp³-hybridized carbons (Fsp3) is 0.240. The summed E-state index contributed by atoms with van der Waals surface area (Å²) in [6.07, 6.45) is 3.74. The summed E-state index contributed by atoms with van der Waals surface area (Å²) < 4.78 is 14.4. The number of rotatable bonds is 2. The number of amides is 2. The van der Waals surface area contributed by atoms with Crippen molar-refractivity contribution in [2.75, 3.05) is 16.8 Å². The Morgan fingerprint density at radius 1 is 1.09 bits per heavy atom. The molecule has 0 bridgehead atoms. The van der Waals surface area contributed by atoms with Crippen LogP contribution < -0.4 is 15.1 Å². The molecule has 0 radical (unpaired) electrons. The Kier molecular flexibility index (Phi) is 5.25. The van der Waals surface area contributed by atoms with E-state index < -0.39 is 17.6 Å². The predicted molar refractivity (Wildman–Crippen MR) is 130 cm³/mol. The number of aryl methyl sites for hydroxylation is 1. The largest absolute Gasteiger partial charge is 0.365 e. The molecular weight excluding hydrogens is 425 g/mol. The Morgan fingerprint density at radius 2 is 1.78 bits per heavy atom. The first-order valence-electron chi connectivity index (χ1n) is 10.3. The van der Waals surface area contributed by atoms with Crippen molar-refractivity contribution < 1.29 is 14.0 Å². The van der Waals surface area contributed by atoms with Gasteiger partial charge in [-0.3, -0.25) is 14.9 Å². The number of thiocarbonyl (C=S) groups is 1. The van der Waals surface area contributed by atoms with Crippen LogP contribution in [0.1, 0.15) is 37.5 Å². The highest BCUT2D eigenvalue weighted by molar-refractivity contribution is 7.80. The van der Waals surface area contributed by atoms with Gasteiger partial charge < -0.3 is 4.90 Å². The second-order valence-corrected chi connectivity index (χ2v) is 9.06. The van der Waals surface area contributed by atoms with Crippen LogP contribution in [0.5, 0.6) is 0 Å². The van der Waals surface area contributed by atoms with E-state index in [1.807, 2.05) is 20.0 Å². The standard InChI is InChI=1S/C25H24FN3O2S/c1-14-10-21-17(15(2)13-25(3,4)28(21)5)11-16(14)12-18-22(30)27-24(32)29(23(18)31)20-9-7-6-8-19(20)26/h6-13H,1-5H3,(H,27,30,32)/b18-12+. The van der Waals surface area contributed by atoms with Gasteiger partial charge in [0, 0.05) is 18.3 Å². The highest BCUT2D eigenvalue weighted by Crippen LogP contribution is 2.39. The number of allylic oxidation sites excluding steroid dienone is 1. The quantitative estimate of drug-likeness (QED) is 0.414. The molecule has 164 valence electrons. The lowest BCUT2D eigenvalue weighted by Gasteiger charge is -2.41. The van der Waals surface area contributed by atoms with Gasteiger partial charge >= 0.3 is 0 Å². The van der Waals surface area contributed by atoms with Crippen molar-refractivity contribution in [1.29, 1.82) is 0 Å². The minimum atomic E-state index is -0.661.